The normalized spacial score (nSPS) is 24.7. The summed E-state index contributed by atoms with van der Waals surface area (Å²) >= 11 is 0. The minimum absolute atomic E-state index is 0.0999. The van der Waals surface area contributed by atoms with Crippen LogP contribution in [-0.2, 0) is 9.22 Å². The molecule has 0 amide bonds. The van der Waals surface area contributed by atoms with Gasteiger partial charge in [0.1, 0.15) is 15.9 Å². The van der Waals surface area contributed by atoms with E-state index in [2.05, 4.69) is 19.6 Å². The van der Waals surface area contributed by atoms with Gasteiger partial charge in [-0.2, -0.15) is 0 Å². The number of rotatable bonds is 2. The Labute approximate surface area is 97.8 Å². The molecule has 0 radical (unpaired) electrons. The minimum Gasteiger partial charge on any atom is -0.480 e. The maximum atomic E-state index is 9.12. The lowest BCUT2D eigenvalue weighted by molar-refractivity contribution is -0.140. The quantitative estimate of drug-likeness (QED) is 0.598. The van der Waals surface area contributed by atoms with E-state index >= 15 is 0 Å². The summed E-state index contributed by atoms with van der Waals surface area (Å²) in [7, 11) is -0.149. The molecule has 0 aromatic carbocycles. The van der Waals surface area contributed by atoms with Crippen LogP contribution in [0.3, 0.4) is 0 Å². The van der Waals surface area contributed by atoms with Crippen molar-refractivity contribution in [3.05, 3.63) is 0 Å². The highest BCUT2D eigenvalue weighted by Gasteiger charge is 2.29. The topological polar surface area (TPSA) is 66.8 Å². The standard InChI is InChI=1S/C5H18OSi4.C2H4O3/c1-10(2,3)9-5-4-6-7-8-9;3-1-2(4)5/h9H,4-5,7-8H2,1-3H3;3H,1H2,(H,4,5). The van der Waals surface area contributed by atoms with E-state index in [4.69, 9.17) is 19.4 Å². The first kappa shape index (κ1) is 15.3. The Morgan fingerprint density at radius 3 is 2.27 bits per heavy atom. The molecule has 1 unspecified atom stereocenters. The Balaban J connectivity index is 0.000000336. The second kappa shape index (κ2) is 7.52. The van der Waals surface area contributed by atoms with Crippen LogP contribution in [0.4, 0.5) is 0 Å². The van der Waals surface area contributed by atoms with Gasteiger partial charge in [-0.15, -0.1) is 0 Å². The van der Waals surface area contributed by atoms with Crippen molar-refractivity contribution < 1.29 is 19.4 Å². The second-order valence-electron chi connectivity index (χ2n) is 4.80. The number of carboxylic acid groups (broad SMARTS) is 1. The molecule has 1 saturated heterocycles. The van der Waals surface area contributed by atoms with Crippen LogP contribution >= 0.6 is 0 Å². The van der Waals surface area contributed by atoms with Crippen molar-refractivity contribution >= 4 is 39.2 Å². The molecule has 0 bridgehead atoms. The van der Waals surface area contributed by atoms with Gasteiger partial charge in [0.25, 0.3) is 0 Å². The maximum absolute atomic E-state index is 9.12. The van der Waals surface area contributed by atoms with Gasteiger partial charge in [-0.25, -0.2) is 4.79 Å². The highest BCUT2D eigenvalue weighted by atomic mass is 29.8. The van der Waals surface area contributed by atoms with Crippen LogP contribution in [0.5, 0.6) is 0 Å². The highest BCUT2D eigenvalue weighted by molar-refractivity contribution is 7.60. The molecule has 1 aliphatic heterocycles. The SMILES string of the molecule is C[Si](C)(C)[SiH]1CCO[SiH2][SiH2]1.O=C(O)CO. The van der Waals surface area contributed by atoms with Gasteiger partial charge in [-0.05, 0) is 6.04 Å². The Morgan fingerprint density at radius 1 is 1.53 bits per heavy atom. The van der Waals surface area contributed by atoms with Crippen molar-refractivity contribution in [1.29, 1.82) is 0 Å². The van der Waals surface area contributed by atoms with E-state index in [0.717, 1.165) is 0 Å². The maximum Gasteiger partial charge on any atom is 0.329 e. The van der Waals surface area contributed by atoms with E-state index in [0.29, 0.717) is 8.55 Å². The predicted molar refractivity (Wildman–Crippen MR) is 73.1 cm³/mol. The van der Waals surface area contributed by atoms with Crippen molar-refractivity contribution in [1.82, 2.24) is 0 Å². The zero-order valence-corrected chi connectivity index (χ0v) is 14.8. The zero-order valence-electron chi connectivity index (χ0n) is 9.82. The Morgan fingerprint density at radius 2 is 2.07 bits per heavy atom. The molecule has 0 spiro atoms. The van der Waals surface area contributed by atoms with Crippen LogP contribution in [0, 0.1) is 0 Å². The molecule has 15 heavy (non-hydrogen) atoms. The second-order valence-corrected chi connectivity index (χ2v) is 34.1. The Kier molecular flexibility index (Phi) is 7.65. The van der Waals surface area contributed by atoms with Gasteiger partial charge in [0.15, 0.2) is 0 Å². The molecule has 4 nitrogen and oxygen atoms in total. The average Bonchev–Trinajstić information content (AvgIpc) is 2.19. The average molecular weight is 283 g/mol. The number of carbonyl (C=O) groups is 1. The summed E-state index contributed by atoms with van der Waals surface area (Å²) in [6, 6.07) is 1.55. The molecule has 1 atom stereocenters. The fourth-order valence-electron chi connectivity index (χ4n) is 1.56. The minimum atomic E-state index is -1.19. The third-order valence-corrected chi connectivity index (χ3v) is 47.8. The lowest BCUT2D eigenvalue weighted by atomic mass is 10.8. The van der Waals surface area contributed by atoms with Crippen LogP contribution in [0.2, 0.25) is 25.7 Å². The lowest BCUT2D eigenvalue weighted by Gasteiger charge is -2.30. The van der Waals surface area contributed by atoms with E-state index in [1.165, 1.54) is 6.61 Å². The van der Waals surface area contributed by atoms with Crippen molar-refractivity contribution in [2.45, 2.75) is 25.7 Å². The smallest absolute Gasteiger partial charge is 0.329 e. The van der Waals surface area contributed by atoms with Crippen LogP contribution in [0.15, 0.2) is 0 Å². The Hall–Kier alpha value is 0.258. The summed E-state index contributed by atoms with van der Waals surface area (Å²) in [5, 5.41) is 15.0. The van der Waals surface area contributed by atoms with Gasteiger partial charge >= 0.3 is 5.97 Å². The molecule has 2 N–H and O–H groups in total. The van der Waals surface area contributed by atoms with E-state index in [1.54, 1.807) is 6.04 Å². The predicted octanol–water partition coefficient (Wildman–Crippen LogP) is -1.61. The monoisotopic (exact) mass is 282 g/mol. The third kappa shape index (κ3) is 8.10. The fourth-order valence-corrected chi connectivity index (χ4v) is 55.1. The first-order valence-corrected chi connectivity index (χ1v) is 19.2. The van der Waals surface area contributed by atoms with Gasteiger partial charge in [0.2, 0.25) is 0 Å². The Bertz CT molecular complexity index is 188. The fraction of sp³-hybridized carbons (Fsp3) is 0.857. The van der Waals surface area contributed by atoms with Crippen molar-refractivity contribution in [2.24, 2.45) is 0 Å². The molecule has 1 rings (SSSR count). The first-order valence-electron chi connectivity index (χ1n) is 5.28. The van der Waals surface area contributed by atoms with Gasteiger partial charge in [-0.1, -0.05) is 19.6 Å². The van der Waals surface area contributed by atoms with Crippen molar-refractivity contribution in [3.8, 4) is 0 Å². The van der Waals surface area contributed by atoms with Crippen LogP contribution in [0.25, 0.3) is 0 Å². The number of hydrogen-bond donors (Lipinski definition) is 2. The number of carboxylic acids is 1. The molecule has 90 valence electrons. The molecule has 1 heterocycles. The number of aliphatic carboxylic acids is 1. The largest absolute Gasteiger partial charge is 0.480 e. The highest BCUT2D eigenvalue weighted by Crippen LogP contribution is 2.11. The molecular formula is C7H22O4Si4. The molecule has 0 saturated carbocycles. The number of hydrogen-bond acceptors (Lipinski definition) is 3. The van der Waals surface area contributed by atoms with Gasteiger partial charge in [0, 0.05) is 30.6 Å². The molecule has 0 aromatic rings. The molecule has 0 aromatic heterocycles. The third-order valence-electron chi connectivity index (χ3n) is 2.58. The van der Waals surface area contributed by atoms with E-state index in [-0.39, 0.29) is 17.1 Å². The van der Waals surface area contributed by atoms with Gasteiger partial charge in [-0.3, -0.25) is 0 Å². The van der Waals surface area contributed by atoms with Gasteiger partial charge < -0.3 is 14.6 Å². The summed E-state index contributed by atoms with van der Waals surface area (Å²) < 4.78 is 5.55. The summed E-state index contributed by atoms with van der Waals surface area (Å²) in [6.45, 7) is 8.13. The van der Waals surface area contributed by atoms with Crippen LogP contribution in [0.1, 0.15) is 0 Å². The molecule has 8 heteroatoms. The summed E-state index contributed by atoms with van der Waals surface area (Å²) in [5.74, 6) is -1.19. The van der Waals surface area contributed by atoms with Crippen LogP contribution in [-0.4, -0.2) is 62.7 Å². The molecular weight excluding hydrogens is 260 g/mol. The van der Waals surface area contributed by atoms with Gasteiger partial charge in [0.05, 0.1) is 0 Å². The summed E-state index contributed by atoms with van der Waals surface area (Å²) in [4.78, 5) is 9.12. The zero-order chi connectivity index (χ0) is 11.9. The number of aliphatic hydroxyl groups is 1. The summed E-state index contributed by atoms with van der Waals surface area (Å²) in [5.41, 5.74) is 0. The van der Waals surface area contributed by atoms with E-state index < -0.39 is 20.2 Å². The molecule has 1 fully saturated rings. The number of aliphatic hydroxyl groups excluding tert-OH is 1. The first-order chi connectivity index (χ1) is 6.88. The van der Waals surface area contributed by atoms with Crippen molar-refractivity contribution in [2.75, 3.05) is 13.2 Å². The molecule has 1 aliphatic rings. The molecule has 0 aliphatic carbocycles. The van der Waals surface area contributed by atoms with E-state index in [9.17, 15) is 0 Å². The summed E-state index contributed by atoms with van der Waals surface area (Å²) in [6.07, 6.45) is 0. The lowest BCUT2D eigenvalue weighted by Crippen LogP contribution is -2.52. The van der Waals surface area contributed by atoms with Crippen LogP contribution < -0.4 is 0 Å². The van der Waals surface area contributed by atoms with E-state index in [1.807, 2.05) is 0 Å². The van der Waals surface area contributed by atoms with Crippen molar-refractivity contribution in [3.63, 3.8) is 0 Å².